The summed E-state index contributed by atoms with van der Waals surface area (Å²) in [5, 5.41) is 11.3. The topological polar surface area (TPSA) is 104 Å². The Bertz CT molecular complexity index is 1470. The van der Waals surface area contributed by atoms with Crippen LogP contribution < -0.4 is 10.1 Å². The van der Waals surface area contributed by atoms with Crippen LogP contribution in [0.4, 0.5) is 4.79 Å². The zero-order valence-electron chi connectivity index (χ0n) is 21.4. The molecule has 0 radical (unpaired) electrons. The first-order valence-corrected chi connectivity index (χ1v) is 12.7. The molecule has 0 atom stereocenters. The maximum Gasteiger partial charge on any atom is 0.331 e. The fourth-order valence-electron chi connectivity index (χ4n) is 5.19. The number of aryl methyl sites for hydroxylation is 1. The number of urea groups is 1. The average Bonchev–Trinajstić information content (AvgIpc) is 3.53. The average molecular weight is 509 g/mol. The Morgan fingerprint density at radius 3 is 2.37 bits per heavy atom. The highest BCUT2D eigenvalue weighted by Crippen LogP contribution is 2.29. The van der Waals surface area contributed by atoms with Crippen molar-refractivity contribution in [2.45, 2.75) is 52.2 Å². The van der Waals surface area contributed by atoms with Crippen LogP contribution >= 0.6 is 0 Å². The minimum Gasteiger partial charge on any atom is -0.489 e. The third-order valence-corrected chi connectivity index (χ3v) is 7.18. The number of amides is 4. The summed E-state index contributed by atoms with van der Waals surface area (Å²) < 4.78 is 7.93. The van der Waals surface area contributed by atoms with Crippen molar-refractivity contribution in [2.75, 3.05) is 0 Å². The molecule has 0 bridgehead atoms. The second-order valence-electron chi connectivity index (χ2n) is 9.68. The maximum atomic E-state index is 13.2. The van der Waals surface area contributed by atoms with E-state index in [-0.39, 0.29) is 11.6 Å². The number of hydrogen-bond acceptors (Lipinski definition) is 5. The molecule has 8 nitrogen and oxygen atoms in total. The van der Waals surface area contributed by atoms with E-state index in [1.54, 1.807) is 18.2 Å². The van der Waals surface area contributed by atoms with Gasteiger partial charge in [0.2, 0.25) is 0 Å². The Morgan fingerprint density at radius 1 is 1.03 bits per heavy atom. The largest absolute Gasteiger partial charge is 0.489 e. The van der Waals surface area contributed by atoms with Gasteiger partial charge in [0, 0.05) is 23.1 Å². The summed E-state index contributed by atoms with van der Waals surface area (Å²) in [6, 6.07) is 18.2. The molecule has 1 aliphatic heterocycles. The molecule has 38 heavy (non-hydrogen) atoms. The van der Waals surface area contributed by atoms with Crippen molar-refractivity contribution < 1.29 is 19.1 Å². The smallest absolute Gasteiger partial charge is 0.331 e. The van der Waals surface area contributed by atoms with Crippen molar-refractivity contribution in [3.05, 3.63) is 88.2 Å². The molecular weight excluding hydrogens is 480 g/mol. The molecule has 0 unspecified atom stereocenters. The molecule has 1 aromatic heterocycles. The van der Waals surface area contributed by atoms with Gasteiger partial charge in [-0.05, 0) is 86.4 Å². The maximum absolute atomic E-state index is 13.2. The third-order valence-electron chi connectivity index (χ3n) is 7.18. The molecule has 3 aromatic rings. The summed E-state index contributed by atoms with van der Waals surface area (Å²) in [4.78, 5) is 39.4. The van der Waals surface area contributed by atoms with Gasteiger partial charge in [0.15, 0.2) is 0 Å². The van der Waals surface area contributed by atoms with Crippen molar-refractivity contribution in [1.82, 2.24) is 14.8 Å². The molecule has 2 fully saturated rings. The van der Waals surface area contributed by atoms with Crippen LogP contribution in [0.15, 0.2) is 60.2 Å². The molecule has 2 aromatic carbocycles. The number of carbonyl (C=O) groups excluding carboxylic acids is 3. The van der Waals surface area contributed by atoms with E-state index in [1.165, 1.54) is 4.90 Å². The standard InChI is InChI=1S/C30H28N4O4/c1-19-15-23(16-27-28(35)32-30(37)34(29(27)36)24-5-3-4-6-24)20(2)33(19)25-11-13-26(14-12-25)38-18-22-9-7-21(17-31)8-10-22/h7-16,24H,3-6,18H2,1-2H3,(H,32,35,37)/b27-16-. The Morgan fingerprint density at radius 2 is 1.71 bits per heavy atom. The molecule has 192 valence electrons. The number of aromatic nitrogens is 1. The number of imide groups is 2. The van der Waals surface area contributed by atoms with Crippen LogP contribution in [0, 0.1) is 25.2 Å². The lowest BCUT2D eigenvalue weighted by Crippen LogP contribution is -2.57. The first kappa shape index (κ1) is 25.0. The Labute approximate surface area is 221 Å². The number of nitrogens with zero attached hydrogens (tertiary/aromatic N) is 3. The molecule has 2 aliphatic rings. The second-order valence-corrected chi connectivity index (χ2v) is 9.68. The van der Waals surface area contributed by atoms with E-state index in [0.717, 1.165) is 53.9 Å². The highest BCUT2D eigenvalue weighted by molar-refractivity contribution is 6.31. The highest BCUT2D eigenvalue weighted by atomic mass is 16.5. The van der Waals surface area contributed by atoms with E-state index >= 15 is 0 Å². The molecule has 0 spiro atoms. The van der Waals surface area contributed by atoms with E-state index in [2.05, 4.69) is 11.4 Å². The number of hydrogen-bond donors (Lipinski definition) is 1. The minimum atomic E-state index is -0.664. The van der Waals surface area contributed by atoms with Crippen molar-refractivity contribution in [1.29, 1.82) is 5.26 Å². The van der Waals surface area contributed by atoms with Gasteiger partial charge in [0.25, 0.3) is 11.8 Å². The molecule has 1 N–H and O–H groups in total. The van der Waals surface area contributed by atoms with Crippen LogP contribution in [0.2, 0.25) is 0 Å². The second kappa shape index (κ2) is 10.4. The zero-order chi connectivity index (χ0) is 26.8. The van der Waals surface area contributed by atoms with Gasteiger partial charge in [-0.1, -0.05) is 25.0 Å². The molecule has 2 heterocycles. The van der Waals surface area contributed by atoms with Gasteiger partial charge in [0.1, 0.15) is 17.9 Å². The number of benzene rings is 2. The van der Waals surface area contributed by atoms with Gasteiger partial charge in [-0.3, -0.25) is 19.8 Å². The SMILES string of the molecule is Cc1cc(/C=C2/C(=O)NC(=O)N(C3CCCC3)C2=O)c(C)n1-c1ccc(OCc2ccc(C#N)cc2)cc1. The highest BCUT2D eigenvalue weighted by Gasteiger charge is 2.40. The van der Waals surface area contributed by atoms with E-state index in [4.69, 9.17) is 10.00 Å². The van der Waals surface area contributed by atoms with E-state index in [9.17, 15) is 14.4 Å². The summed E-state index contributed by atoms with van der Waals surface area (Å²) in [5.41, 5.74) is 5.01. The monoisotopic (exact) mass is 508 g/mol. The van der Waals surface area contributed by atoms with Gasteiger partial charge >= 0.3 is 6.03 Å². The first-order valence-electron chi connectivity index (χ1n) is 12.7. The van der Waals surface area contributed by atoms with Gasteiger partial charge in [-0.2, -0.15) is 5.26 Å². The van der Waals surface area contributed by atoms with Crippen LogP contribution in [0.5, 0.6) is 5.75 Å². The van der Waals surface area contributed by atoms with Crippen LogP contribution in [0.25, 0.3) is 11.8 Å². The fourth-order valence-corrected chi connectivity index (χ4v) is 5.19. The van der Waals surface area contributed by atoms with E-state index < -0.39 is 17.8 Å². The Hall–Kier alpha value is -4.64. The third kappa shape index (κ3) is 4.83. The summed E-state index contributed by atoms with van der Waals surface area (Å²) in [6.07, 6.45) is 5.05. The summed E-state index contributed by atoms with van der Waals surface area (Å²) in [6.45, 7) is 4.28. The predicted octanol–water partition coefficient (Wildman–Crippen LogP) is 4.95. The molecule has 8 heteroatoms. The predicted molar refractivity (Wildman–Crippen MR) is 141 cm³/mol. The normalized spacial score (nSPS) is 17.1. The lowest BCUT2D eigenvalue weighted by Gasteiger charge is -2.31. The summed E-state index contributed by atoms with van der Waals surface area (Å²) in [7, 11) is 0. The summed E-state index contributed by atoms with van der Waals surface area (Å²) >= 11 is 0. The fraction of sp³-hybridized carbons (Fsp3) is 0.267. The van der Waals surface area contributed by atoms with Crippen LogP contribution in [-0.4, -0.2) is 33.4 Å². The number of ether oxygens (including phenoxy) is 1. The van der Waals surface area contributed by atoms with Crippen LogP contribution in [-0.2, 0) is 16.2 Å². The molecule has 1 saturated heterocycles. The minimum absolute atomic E-state index is 0.0247. The Kier molecular flexibility index (Phi) is 6.84. The number of nitrogens with one attached hydrogen (secondary N) is 1. The van der Waals surface area contributed by atoms with Crippen molar-refractivity contribution in [3.63, 3.8) is 0 Å². The number of carbonyl (C=O) groups is 3. The van der Waals surface area contributed by atoms with Gasteiger partial charge in [-0.25, -0.2) is 4.79 Å². The number of nitriles is 1. The zero-order valence-corrected chi connectivity index (χ0v) is 21.4. The van der Waals surface area contributed by atoms with Crippen molar-refractivity contribution in [2.24, 2.45) is 0 Å². The van der Waals surface area contributed by atoms with Crippen molar-refractivity contribution >= 4 is 23.9 Å². The first-order chi connectivity index (χ1) is 18.4. The van der Waals surface area contributed by atoms with Crippen molar-refractivity contribution in [3.8, 4) is 17.5 Å². The molecule has 4 amide bonds. The lowest BCUT2D eigenvalue weighted by atomic mass is 10.1. The lowest BCUT2D eigenvalue weighted by molar-refractivity contribution is -0.131. The number of rotatable bonds is 6. The quantitative estimate of drug-likeness (QED) is 0.375. The van der Waals surface area contributed by atoms with Crippen LogP contribution in [0.3, 0.4) is 0 Å². The van der Waals surface area contributed by atoms with Gasteiger partial charge in [-0.15, -0.1) is 0 Å². The molecule has 1 saturated carbocycles. The Balaban J connectivity index is 1.35. The summed E-state index contributed by atoms with van der Waals surface area (Å²) in [5.74, 6) is -0.480. The molecule has 5 rings (SSSR count). The van der Waals surface area contributed by atoms with Gasteiger partial charge < -0.3 is 9.30 Å². The van der Waals surface area contributed by atoms with Crippen LogP contribution in [0.1, 0.15) is 53.8 Å². The molecular formula is C30H28N4O4. The van der Waals surface area contributed by atoms with Gasteiger partial charge in [0.05, 0.1) is 11.6 Å². The van der Waals surface area contributed by atoms with E-state index in [0.29, 0.717) is 17.9 Å². The number of barbiturate groups is 1. The molecule has 1 aliphatic carbocycles. The van der Waals surface area contributed by atoms with E-state index in [1.807, 2.05) is 60.9 Å².